The molecule has 0 radical (unpaired) electrons. The van der Waals surface area contributed by atoms with Gasteiger partial charge in [-0.1, -0.05) is 0 Å². The van der Waals surface area contributed by atoms with Crippen LogP contribution in [0.25, 0.3) is 0 Å². The summed E-state index contributed by atoms with van der Waals surface area (Å²) in [7, 11) is 0. The standard InChI is InChI=1S/C9H4F2N4O2/c10-9(11)8-5(1-2-12)3-7(15(16)17)6(4-13)14-8/h3,9H,1H2. The SMILES string of the molecule is N#CCc1cc([N+](=O)[O-])c(C#N)nc1C(F)F. The van der Waals surface area contributed by atoms with Crippen molar-refractivity contribution in [2.75, 3.05) is 0 Å². The predicted molar refractivity (Wildman–Crippen MR) is 49.9 cm³/mol. The molecule has 0 bridgehead atoms. The lowest BCUT2D eigenvalue weighted by molar-refractivity contribution is -0.385. The van der Waals surface area contributed by atoms with Crippen molar-refractivity contribution in [1.82, 2.24) is 4.98 Å². The van der Waals surface area contributed by atoms with Crippen molar-refractivity contribution >= 4 is 5.69 Å². The van der Waals surface area contributed by atoms with E-state index in [2.05, 4.69) is 4.98 Å². The van der Waals surface area contributed by atoms with E-state index >= 15 is 0 Å². The molecule has 0 aliphatic heterocycles. The first-order chi connectivity index (χ1) is 8.01. The number of rotatable bonds is 3. The second-order valence-electron chi connectivity index (χ2n) is 2.90. The molecule has 0 aromatic carbocycles. The molecule has 1 heterocycles. The summed E-state index contributed by atoms with van der Waals surface area (Å²) in [6.07, 6.45) is -3.43. The Morgan fingerprint density at radius 2 is 2.18 bits per heavy atom. The highest BCUT2D eigenvalue weighted by atomic mass is 19.3. The molecule has 0 aliphatic carbocycles. The molecular formula is C9H4F2N4O2. The van der Waals surface area contributed by atoms with E-state index in [1.807, 2.05) is 0 Å². The summed E-state index contributed by atoms with van der Waals surface area (Å²) < 4.78 is 25.1. The molecule has 0 saturated heterocycles. The van der Waals surface area contributed by atoms with Crippen LogP contribution in [0.15, 0.2) is 6.07 Å². The monoisotopic (exact) mass is 238 g/mol. The fourth-order valence-corrected chi connectivity index (χ4v) is 1.19. The van der Waals surface area contributed by atoms with Gasteiger partial charge in [0, 0.05) is 11.6 Å². The van der Waals surface area contributed by atoms with Crippen LogP contribution in [0.2, 0.25) is 0 Å². The third-order valence-corrected chi connectivity index (χ3v) is 1.89. The minimum Gasteiger partial charge on any atom is -0.258 e. The summed E-state index contributed by atoms with van der Waals surface area (Å²) in [6, 6.07) is 3.76. The number of nitrogens with zero attached hydrogens (tertiary/aromatic N) is 4. The minimum atomic E-state index is -2.99. The number of halogens is 2. The zero-order valence-corrected chi connectivity index (χ0v) is 8.22. The van der Waals surface area contributed by atoms with Gasteiger partial charge in [-0.05, 0) is 0 Å². The maximum absolute atomic E-state index is 12.5. The van der Waals surface area contributed by atoms with Crippen LogP contribution in [0, 0.1) is 32.8 Å². The highest BCUT2D eigenvalue weighted by Gasteiger charge is 2.23. The van der Waals surface area contributed by atoms with Gasteiger partial charge < -0.3 is 0 Å². The van der Waals surface area contributed by atoms with Gasteiger partial charge in [0.15, 0.2) is 0 Å². The normalized spacial score (nSPS) is 9.71. The molecule has 0 atom stereocenters. The van der Waals surface area contributed by atoms with Gasteiger partial charge in [-0.25, -0.2) is 13.8 Å². The average Bonchev–Trinajstić information content (AvgIpc) is 2.28. The zero-order valence-electron chi connectivity index (χ0n) is 8.22. The third kappa shape index (κ3) is 2.49. The van der Waals surface area contributed by atoms with E-state index in [-0.39, 0.29) is 5.56 Å². The van der Waals surface area contributed by atoms with Gasteiger partial charge in [0.1, 0.15) is 11.8 Å². The average molecular weight is 238 g/mol. The summed E-state index contributed by atoms with van der Waals surface area (Å²) in [4.78, 5) is 12.9. The maximum atomic E-state index is 12.5. The minimum absolute atomic E-state index is 0.242. The number of pyridine rings is 1. The summed E-state index contributed by atoms with van der Waals surface area (Å²) in [5.41, 5.74) is -2.38. The Morgan fingerprint density at radius 1 is 1.53 bits per heavy atom. The number of hydrogen-bond acceptors (Lipinski definition) is 5. The number of aromatic nitrogens is 1. The molecule has 0 unspecified atom stereocenters. The van der Waals surface area contributed by atoms with Gasteiger partial charge in [0.05, 0.1) is 17.4 Å². The van der Waals surface area contributed by atoms with Gasteiger partial charge in [-0.2, -0.15) is 10.5 Å². The van der Waals surface area contributed by atoms with Crippen molar-refractivity contribution in [1.29, 1.82) is 10.5 Å². The van der Waals surface area contributed by atoms with Crippen LogP contribution in [-0.4, -0.2) is 9.91 Å². The van der Waals surface area contributed by atoms with Crippen molar-refractivity contribution in [2.24, 2.45) is 0 Å². The van der Waals surface area contributed by atoms with Crippen LogP contribution in [0.3, 0.4) is 0 Å². The van der Waals surface area contributed by atoms with Gasteiger partial charge >= 0.3 is 5.69 Å². The molecule has 17 heavy (non-hydrogen) atoms. The molecule has 0 amide bonds. The Balaban J connectivity index is 3.50. The summed E-state index contributed by atoms with van der Waals surface area (Å²) in [6.45, 7) is 0. The van der Waals surface area contributed by atoms with Crippen LogP contribution < -0.4 is 0 Å². The number of alkyl halides is 2. The molecule has 0 N–H and O–H groups in total. The molecule has 0 fully saturated rings. The van der Waals surface area contributed by atoms with Crippen LogP contribution >= 0.6 is 0 Å². The number of nitro groups is 1. The van der Waals surface area contributed by atoms with Gasteiger partial charge in [-0.15, -0.1) is 0 Å². The highest BCUT2D eigenvalue weighted by molar-refractivity contribution is 5.48. The van der Waals surface area contributed by atoms with Gasteiger partial charge in [0.2, 0.25) is 5.69 Å². The molecule has 86 valence electrons. The van der Waals surface area contributed by atoms with Crippen LogP contribution in [0.1, 0.15) is 23.4 Å². The molecule has 1 rings (SSSR count). The van der Waals surface area contributed by atoms with Crippen LogP contribution in [0.4, 0.5) is 14.5 Å². The molecule has 1 aromatic rings. The second-order valence-corrected chi connectivity index (χ2v) is 2.90. The Kier molecular flexibility index (Phi) is 3.62. The topological polar surface area (TPSA) is 104 Å². The van der Waals surface area contributed by atoms with E-state index in [9.17, 15) is 18.9 Å². The number of hydrogen-bond donors (Lipinski definition) is 0. The zero-order chi connectivity index (χ0) is 13.0. The van der Waals surface area contributed by atoms with Gasteiger partial charge in [0.25, 0.3) is 6.43 Å². The smallest absolute Gasteiger partial charge is 0.258 e. The first-order valence-electron chi connectivity index (χ1n) is 4.24. The summed E-state index contributed by atoms with van der Waals surface area (Å²) in [5, 5.41) is 27.6. The largest absolute Gasteiger partial charge is 0.305 e. The van der Waals surface area contributed by atoms with E-state index in [1.54, 1.807) is 6.07 Å². The van der Waals surface area contributed by atoms with Crippen molar-refractivity contribution in [3.8, 4) is 12.1 Å². The fourth-order valence-electron chi connectivity index (χ4n) is 1.19. The molecule has 0 aliphatic rings. The van der Waals surface area contributed by atoms with E-state index in [1.165, 1.54) is 6.07 Å². The fraction of sp³-hybridized carbons (Fsp3) is 0.222. The second kappa shape index (κ2) is 4.94. The third-order valence-electron chi connectivity index (χ3n) is 1.89. The van der Waals surface area contributed by atoms with Crippen molar-refractivity contribution in [3.63, 3.8) is 0 Å². The quantitative estimate of drug-likeness (QED) is 0.590. The highest BCUT2D eigenvalue weighted by Crippen LogP contribution is 2.27. The Labute approximate surface area is 93.9 Å². The lowest BCUT2D eigenvalue weighted by Crippen LogP contribution is -2.04. The van der Waals surface area contributed by atoms with Crippen LogP contribution in [0.5, 0.6) is 0 Å². The lowest BCUT2D eigenvalue weighted by Gasteiger charge is -2.05. The molecule has 6 nitrogen and oxygen atoms in total. The first-order valence-corrected chi connectivity index (χ1v) is 4.24. The maximum Gasteiger partial charge on any atom is 0.305 e. The van der Waals surface area contributed by atoms with Crippen molar-refractivity contribution in [2.45, 2.75) is 12.8 Å². The molecular weight excluding hydrogens is 234 g/mol. The van der Waals surface area contributed by atoms with Gasteiger partial charge in [-0.3, -0.25) is 10.1 Å². The molecule has 0 saturated carbocycles. The van der Waals surface area contributed by atoms with Crippen molar-refractivity contribution in [3.05, 3.63) is 33.1 Å². The first kappa shape index (κ1) is 12.5. The molecule has 0 spiro atoms. The summed E-state index contributed by atoms with van der Waals surface area (Å²) in [5.74, 6) is 0. The van der Waals surface area contributed by atoms with E-state index in [4.69, 9.17) is 10.5 Å². The Hall–Kier alpha value is -2.61. The van der Waals surface area contributed by atoms with Crippen molar-refractivity contribution < 1.29 is 13.7 Å². The molecule has 8 heteroatoms. The molecule has 1 aromatic heterocycles. The van der Waals surface area contributed by atoms with E-state index in [0.29, 0.717) is 0 Å². The predicted octanol–water partition coefficient (Wildman–Crippen LogP) is 1.87. The van der Waals surface area contributed by atoms with E-state index < -0.39 is 34.8 Å². The lowest BCUT2D eigenvalue weighted by atomic mass is 10.1. The Bertz CT molecular complexity index is 545. The van der Waals surface area contributed by atoms with E-state index in [0.717, 1.165) is 6.07 Å². The van der Waals surface area contributed by atoms with Crippen LogP contribution in [-0.2, 0) is 6.42 Å². The number of nitriles is 2. The summed E-state index contributed by atoms with van der Waals surface area (Å²) >= 11 is 0. The Morgan fingerprint density at radius 3 is 2.59 bits per heavy atom.